The van der Waals surface area contributed by atoms with Crippen molar-refractivity contribution >= 4 is 23.5 Å². The fraction of sp³-hybridized carbons (Fsp3) is 0.182. The van der Waals surface area contributed by atoms with Crippen LogP contribution in [0.5, 0.6) is 5.88 Å². The molecule has 0 radical (unpaired) electrons. The molecule has 0 spiro atoms. The predicted octanol–water partition coefficient (Wildman–Crippen LogP) is 3.11. The Morgan fingerprint density at radius 1 is 1.07 bits per heavy atom. The van der Waals surface area contributed by atoms with Gasteiger partial charge in [-0.2, -0.15) is 4.98 Å². The van der Waals surface area contributed by atoms with Crippen molar-refractivity contribution in [2.45, 2.75) is 19.1 Å². The first kappa shape index (κ1) is 18.2. The molecule has 2 aliphatic rings. The van der Waals surface area contributed by atoms with Crippen molar-refractivity contribution in [3.8, 4) is 5.88 Å². The van der Waals surface area contributed by atoms with E-state index in [1.807, 2.05) is 12.1 Å². The van der Waals surface area contributed by atoms with Crippen LogP contribution in [0, 0.1) is 5.82 Å². The van der Waals surface area contributed by atoms with Crippen LogP contribution in [0.2, 0.25) is 0 Å². The quantitative estimate of drug-likeness (QED) is 0.656. The number of aromatic nitrogens is 2. The second kappa shape index (κ2) is 6.62. The Kier molecular flexibility index (Phi) is 4.02. The van der Waals surface area contributed by atoms with Gasteiger partial charge >= 0.3 is 0 Å². The fourth-order valence-corrected chi connectivity index (χ4v) is 3.89. The van der Waals surface area contributed by atoms with Gasteiger partial charge in [-0.25, -0.2) is 9.37 Å². The monoisotopic (exact) mass is 404 g/mol. The van der Waals surface area contributed by atoms with Crippen LogP contribution in [-0.4, -0.2) is 34.9 Å². The molecule has 2 unspecified atom stereocenters. The van der Waals surface area contributed by atoms with Crippen LogP contribution in [0.4, 0.5) is 16.0 Å². The average Bonchev–Trinajstić information content (AvgIpc) is 3.05. The fourth-order valence-electron chi connectivity index (χ4n) is 3.89. The van der Waals surface area contributed by atoms with Crippen molar-refractivity contribution < 1.29 is 18.7 Å². The Bertz CT molecular complexity index is 1180. The first-order valence-corrected chi connectivity index (χ1v) is 9.45. The maximum absolute atomic E-state index is 13.5. The molecule has 1 aromatic heterocycles. The summed E-state index contributed by atoms with van der Waals surface area (Å²) in [6.45, 7) is 1.64. The predicted molar refractivity (Wildman–Crippen MR) is 107 cm³/mol. The van der Waals surface area contributed by atoms with Crippen molar-refractivity contribution in [2.75, 3.05) is 16.8 Å². The Morgan fingerprint density at radius 3 is 2.57 bits per heavy atom. The van der Waals surface area contributed by atoms with Gasteiger partial charge in [0.25, 0.3) is 11.8 Å². The average molecular weight is 404 g/mol. The van der Waals surface area contributed by atoms with E-state index in [0.29, 0.717) is 11.3 Å². The highest BCUT2D eigenvalue weighted by atomic mass is 19.1. The van der Waals surface area contributed by atoms with Crippen molar-refractivity contribution in [2.24, 2.45) is 0 Å². The molecule has 3 heterocycles. The summed E-state index contributed by atoms with van der Waals surface area (Å²) < 4.78 is 19.2. The van der Waals surface area contributed by atoms with Crippen LogP contribution in [0.1, 0.15) is 34.5 Å². The molecule has 0 saturated heterocycles. The van der Waals surface area contributed by atoms with Gasteiger partial charge in [0.2, 0.25) is 11.8 Å². The van der Waals surface area contributed by atoms with Crippen molar-refractivity contribution in [1.82, 2.24) is 9.97 Å². The van der Waals surface area contributed by atoms with E-state index in [-0.39, 0.29) is 29.5 Å². The molecule has 5 rings (SSSR count). The summed E-state index contributed by atoms with van der Waals surface area (Å²) in [5, 5.41) is 0. The number of fused-ring (bicyclic) bond motifs is 2. The molecule has 7 nitrogen and oxygen atoms in total. The molecular weight excluding hydrogens is 387 g/mol. The molecule has 0 bridgehead atoms. The molecule has 150 valence electrons. The molecule has 3 aromatic rings. The molecule has 8 heteroatoms. The minimum absolute atomic E-state index is 0.152. The normalized spacial score (nSPS) is 20.1. The third kappa shape index (κ3) is 2.64. The first-order valence-electron chi connectivity index (χ1n) is 9.45. The van der Waals surface area contributed by atoms with E-state index in [1.165, 1.54) is 28.1 Å². The van der Waals surface area contributed by atoms with Crippen LogP contribution in [0.15, 0.2) is 54.7 Å². The van der Waals surface area contributed by atoms with E-state index >= 15 is 0 Å². The number of anilines is 2. The van der Waals surface area contributed by atoms with Gasteiger partial charge in [0.1, 0.15) is 11.5 Å². The number of amides is 2. The van der Waals surface area contributed by atoms with E-state index in [4.69, 9.17) is 4.74 Å². The summed E-state index contributed by atoms with van der Waals surface area (Å²) in [4.78, 5) is 37.1. The number of hydrogen-bond donors (Lipinski definition) is 0. The van der Waals surface area contributed by atoms with E-state index < -0.39 is 12.1 Å². The summed E-state index contributed by atoms with van der Waals surface area (Å²) in [5.74, 6) is -0.431. The third-order valence-electron chi connectivity index (χ3n) is 5.42. The smallest absolute Gasteiger partial charge is 0.267 e. The van der Waals surface area contributed by atoms with E-state index in [0.717, 1.165) is 11.1 Å². The third-order valence-corrected chi connectivity index (χ3v) is 5.42. The topological polar surface area (TPSA) is 75.6 Å². The second-order valence-electron chi connectivity index (χ2n) is 7.23. The second-order valence-corrected chi connectivity index (χ2v) is 7.23. The number of halogens is 1. The largest absolute Gasteiger partial charge is 0.463 e. The molecule has 2 aliphatic heterocycles. The van der Waals surface area contributed by atoms with Gasteiger partial charge in [-0.3, -0.25) is 14.5 Å². The number of carbonyl (C=O) groups excluding carboxylic acids is 2. The Hall–Kier alpha value is -3.81. The summed E-state index contributed by atoms with van der Waals surface area (Å²) in [6, 6.07) is 12.8. The van der Waals surface area contributed by atoms with Gasteiger partial charge in [-0.15, -0.1) is 0 Å². The first-order chi connectivity index (χ1) is 14.5. The van der Waals surface area contributed by atoms with Gasteiger partial charge in [0.05, 0.1) is 12.2 Å². The van der Waals surface area contributed by atoms with Crippen LogP contribution >= 0.6 is 0 Å². The summed E-state index contributed by atoms with van der Waals surface area (Å²) in [5.41, 5.74) is 2.49. The number of rotatable bonds is 2. The summed E-state index contributed by atoms with van der Waals surface area (Å²) >= 11 is 0. The molecular formula is C22H17FN4O3. The lowest BCUT2D eigenvalue weighted by molar-refractivity contribution is -0.125. The standard InChI is InChI=1S/C22H17FN4O3/c1-12-20(28)26(2)17-11-24-22(25-19(17)30-12)27-18(13-7-9-14(23)10-8-13)15-5-3-4-6-16(15)21(27)29/h3-12,18H,1-2H3. The number of carbonyl (C=O) groups is 2. The molecule has 2 aromatic carbocycles. The Balaban J connectivity index is 1.64. The Labute approximate surface area is 171 Å². The zero-order valence-electron chi connectivity index (χ0n) is 16.2. The summed E-state index contributed by atoms with van der Waals surface area (Å²) in [7, 11) is 1.63. The zero-order valence-corrected chi connectivity index (χ0v) is 16.2. The Morgan fingerprint density at radius 2 is 1.80 bits per heavy atom. The maximum atomic E-state index is 13.5. The number of hydrogen-bond acceptors (Lipinski definition) is 5. The molecule has 2 atom stereocenters. The van der Waals surface area contributed by atoms with E-state index in [1.54, 1.807) is 38.2 Å². The molecule has 30 heavy (non-hydrogen) atoms. The maximum Gasteiger partial charge on any atom is 0.267 e. The van der Waals surface area contributed by atoms with Crippen LogP contribution < -0.4 is 14.5 Å². The van der Waals surface area contributed by atoms with Crippen molar-refractivity contribution in [3.05, 3.63) is 77.2 Å². The highest BCUT2D eigenvalue weighted by molar-refractivity contribution is 6.11. The zero-order chi connectivity index (χ0) is 21.0. The lowest BCUT2D eigenvalue weighted by Gasteiger charge is -2.30. The number of benzene rings is 2. The van der Waals surface area contributed by atoms with Crippen LogP contribution in [0.25, 0.3) is 0 Å². The van der Waals surface area contributed by atoms with Gasteiger partial charge in [-0.05, 0) is 36.2 Å². The van der Waals surface area contributed by atoms with Gasteiger partial charge < -0.3 is 9.64 Å². The molecule has 0 N–H and O–H groups in total. The van der Waals surface area contributed by atoms with Crippen LogP contribution in [0.3, 0.4) is 0 Å². The minimum atomic E-state index is -0.690. The van der Waals surface area contributed by atoms with E-state index in [9.17, 15) is 14.0 Å². The lowest BCUT2D eigenvalue weighted by Crippen LogP contribution is -2.42. The van der Waals surface area contributed by atoms with Gasteiger partial charge in [0.15, 0.2) is 6.10 Å². The van der Waals surface area contributed by atoms with Crippen molar-refractivity contribution in [1.29, 1.82) is 0 Å². The van der Waals surface area contributed by atoms with E-state index in [2.05, 4.69) is 9.97 Å². The summed E-state index contributed by atoms with van der Waals surface area (Å²) in [6.07, 6.45) is 0.781. The lowest BCUT2D eigenvalue weighted by atomic mass is 9.98. The van der Waals surface area contributed by atoms with Gasteiger partial charge in [-0.1, -0.05) is 30.3 Å². The molecule has 0 aliphatic carbocycles. The highest BCUT2D eigenvalue weighted by Crippen LogP contribution is 2.42. The van der Waals surface area contributed by atoms with Crippen molar-refractivity contribution in [3.63, 3.8) is 0 Å². The number of likely N-dealkylation sites (N-methyl/N-ethyl adjacent to an activating group) is 1. The van der Waals surface area contributed by atoms with Crippen LogP contribution in [-0.2, 0) is 4.79 Å². The molecule has 0 fully saturated rings. The highest BCUT2D eigenvalue weighted by Gasteiger charge is 2.41. The number of nitrogens with zero attached hydrogens (tertiary/aromatic N) is 4. The molecule has 0 saturated carbocycles. The SMILES string of the molecule is CC1Oc2nc(N3C(=O)c4ccccc4C3c3ccc(F)cc3)ncc2N(C)C1=O. The van der Waals surface area contributed by atoms with Gasteiger partial charge in [0, 0.05) is 12.6 Å². The molecule has 2 amide bonds. The number of ether oxygens (including phenoxy) is 1. The minimum Gasteiger partial charge on any atom is -0.463 e.